The number of hydrogen-bond donors (Lipinski definition) is 1. The number of ether oxygens (including phenoxy) is 4. The molecule has 38 heavy (non-hydrogen) atoms. The Kier molecular flexibility index (Phi) is 6.52. The maximum Gasteiger partial charge on any atom is 0.302 e. The molecule has 14 atom stereocenters. The second kappa shape index (κ2) is 9.17. The maximum atomic E-state index is 12.5. The Balaban J connectivity index is 1.30. The smallest absolute Gasteiger partial charge is 0.302 e. The monoisotopic (exact) mass is 532 g/mol. The molecule has 0 amide bonds. The molecule has 7 heteroatoms. The minimum atomic E-state index is -1.29. The molecule has 0 aromatic carbocycles. The standard InChI is InChI=1S/C31H48O7/c1-16-11-27(35-15-16)31(34)17(2)28-25(38-31)13-24-22-8-7-20-12-21(36-18(3)32)9-10-29(20,5)23(22)14-26(30(24,28)6)37-19(4)33/h16-17,20-28,34H,7-15H2,1-6H3/t16-,17+,20+,21+,22-,23+,24+,25+,26-,27+,28+,29+,30-,31+/m1/s1. The molecule has 0 aromatic rings. The van der Waals surface area contributed by atoms with Crippen molar-refractivity contribution in [3.8, 4) is 0 Å². The highest BCUT2D eigenvalue weighted by molar-refractivity contribution is 5.66. The van der Waals surface area contributed by atoms with E-state index < -0.39 is 5.79 Å². The predicted molar refractivity (Wildman–Crippen MR) is 140 cm³/mol. The summed E-state index contributed by atoms with van der Waals surface area (Å²) in [6.07, 6.45) is 7.29. The largest absolute Gasteiger partial charge is 0.463 e. The van der Waals surface area contributed by atoms with Crippen molar-refractivity contribution < 1.29 is 33.6 Å². The lowest BCUT2D eigenvalue weighted by molar-refractivity contribution is -0.269. The van der Waals surface area contributed by atoms with E-state index >= 15 is 0 Å². The van der Waals surface area contributed by atoms with Gasteiger partial charge in [-0.1, -0.05) is 27.7 Å². The Morgan fingerprint density at radius 2 is 1.66 bits per heavy atom. The van der Waals surface area contributed by atoms with Crippen molar-refractivity contribution in [3.63, 3.8) is 0 Å². The van der Waals surface area contributed by atoms with Crippen LogP contribution >= 0.6 is 0 Å². The van der Waals surface area contributed by atoms with E-state index in [4.69, 9.17) is 18.9 Å². The molecular formula is C31H48O7. The molecule has 0 spiro atoms. The topological polar surface area (TPSA) is 91.3 Å². The zero-order chi connectivity index (χ0) is 27.2. The fraction of sp³-hybridized carbons (Fsp3) is 0.935. The first-order chi connectivity index (χ1) is 17.9. The average molecular weight is 533 g/mol. The molecule has 4 saturated carbocycles. The zero-order valence-corrected chi connectivity index (χ0v) is 24.1. The van der Waals surface area contributed by atoms with E-state index in [9.17, 15) is 14.7 Å². The summed E-state index contributed by atoms with van der Waals surface area (Å²) >= 11 is 0. The summed E-state index contributed by atoms with van der Waals surface area (Å²) in [5.41, 5.74) is -0.0954. The van der Waals surface area contributed by atoms with Gasteiger partial charge in [-0.15, -0.1) is 0 Å². The molecule has 0 radical (unpaired) electrons. The molecular weight excluding hydrogens is 484 g/mol. The highest BCUT2D eigenvalue weighted by Crippen LogP contribution is 2.71. The molecule has 7 nitrogen and oxygen atoms in total. The van der Waals surface area contributed by atoms with E-state index in [2.05, 4.69) is 27.7 Å². The van der Waals surface area contributed by atoms with Gasteiger partial charge in [0, 0.05) is 37.7 Å². The lowest BCUT2D eigenvalue weighted by Gasteiger charge is -2.62. The number of carbonyl (C=O) groups is 2. The van der Waals surface area contributed by atoms with Gasteiger partial charge in [-0.25, -0.2) is 0 Å². The lowest BCUT2D eigenvalue weighted by Crippen LogP contribution is -2.60. The Bertz CT molecular complexity index is 968. The molecule has 6 fully saturated rings. The second-order valence-corrected chi connectivity index (χ2v) is 14.5. The van der Waals surface area contributed by atoms with Crippen molar-refractivity contribution in [3.05, 3.63) is 0 Å². The summed E-state index contributed by atoms with van der Waals surface area (Å²) in [4.78, 5) is 24.1. The Morgan fingerprint density at radius 3 is 2.32 bits per heavy atom. The third-order valence-corrected chi connectivity index (χ3v) is 12.6. The van der Waals surface area contributed by atoms with Gasteiger partial charge < -0.3 is 24.1 Å². The van der Waals surface area contributed by atoms with Crippen molar-refractivity contribution in [2.75, 3.05) is 6.61 Å². The van der Waals surface area contributed by atoms with E-state index in [1.54, 1.807) is 0 Å². The number of esters is 2. The van der Waals surface area contributed by atoms with Crippen LogP contribution in [-0.4, -0.2) is 53.9 Å². The summed E-state index contributed by atoms with van der Waals surface area (Å²) in [5, 5.41) is 11.9. The van der Waals surface area contributed by atoms with Crippen LogP contribution in [0.1, 0.15) is 92.9 Å². The summed E-state index contributed by atoms with van der Waals surface area (Å²) in [6.45, 7) is 12.8. The van der Waals surface area contributed by atoms with Gasteiger partial charge in [-0.3, -0.25) is 9.59 Å². The molecule has 214 valence electrons. The molecule has 2 aliphatic heterocycles. The molecule has 6 rings (SSSR count). The van der Waals surface area contributed by atoms with Crippen LogP contribution in [0.25, 0.3) is 0 Å². The normalized spacial score (nSPS) is 55.4. The number of carbonyl (C=O) groups excluding carboxylic acids is 2. The summed E-state index contributed by atoms with van der Waals surface area (Å²) in [7, 11) is 0. The first kappa shape index (κ1) is 27.0. The minimum absolute atomic E-state index is 0.0264. The van der Waals surface area contributed by atoms with E-state index in [-0.39, 0.29) is 59.0 Å². The van der Waals surface area contributed by atoms with Crippen molar-refractivity contribution in [1.29, 1.82) is 0 Å². The molecule has 6 aliphatic rings. The molecule has 0 unspecified atom stereocenters. The van der Waals surface area contributed by atoms with Crippen LogP contribution in [0.3, 0.4) is 0 Å². The van der Waals surface area contributed by atoms with Gasteiger partial charge in [-0.05, 0) is 86.4 Å². The first-order valence-corrected chi connectivity index (χ1v) is 15.2. The van der Waals surface area contributed by atoms with Crippen LogP contribution in [0.4, 0.5) is 0 Å². The average Bonchev–Trinajstić information content (AvgIpc) is 3.47. The van der Waals surface area contributed by atoms with Crippen LogP contribution in [0.5, 0.6) is 0 Å². The lowest BCUT2D eigenvalue weighted by atomic mass is 9.43. The maximum absolute atomic E-state index is 12.5. The number of fused-ring (bicyclic) bond motifs is 7. The van der Waals surface area contributed by atoms with Crippen LogP contribution in [0.2, 0.25) is 0 Å². The van der Waals surface area contributed by atoms with Crippen molar-refractivity contribution in [2.24, 2.45) is 52.3 Å². The minimum Gasteiger partial charge on any atom is -0.463 e. The third-order valence-electron chi connectivity index (χ3n) is 12.6. The van der Waals surface area contributed by atoms with Gasteiger partial charge in [0.25, 0.3) is 0 Å². The van der Waals surface area contributed by atoms with Gasteiger partial charge in [-0.2, -0.15) is 0 Å². The number of aliphatic hydroxyl groups is 1. The van der Waals surface area contributed by atoms with Crippen LogP contribution in [0, 0.1) is 52.3 Å². The fourth-order valence-electron chi connectivity index (χ4n) is 10.9. The first-order valence-electron chi connectivity index (χ1n) is 15.2. The van der Waals surface area contributed by atoms with Gasteiger partial charge in [0.1, 0.15) is 18.3 Å². The summed E-state index contributed by atoms with van der Waals surface area (Å²) in [6, 6.07) is 0. The van der Waals surface area contributed by atoms with Crippen LogP contribution < -0.4 is 0 Å². The number of rotatable bonds is 3. The highest BCUT2D eigenvalue weighted by Gasteiger charge is 2.73. The summed E-state index contributed by atoms with van der Waals surface area (Å²) in [5.74, 6) is 0.675. The van der Waals surface area contributed by atoms with Gasteiger partial charge in [0.15, 0.2) is 5.79 Å². The van der Waals surface area contributed by atoms with E-state index in [1.807, 2.05) is 0 Å². The SMILES string of the molecule is CC(=O)O[C@H]1CC[C@@]2(C)[C@@H](CC[C@@H]3[C@@H]2C[C@@H](OC(C)=O)[C@]2(C)[C@@H]4[C@H](C[C@@H]32)O[C@](O)([C@@H]2C[C@@H](C)CO2)[C@H]4C)C1. The van der Waals surface area contributed by atoms with Crippen LogP contribution in [0.15, 0.2) is 0 Å². The number of hydrogen-bond acceptors (Lipinski definition) is 7. The predicted octanol–water partition coefficient (Wildman–Crippen LogP) is 4.88. The molecule has 4 aliphatic carbocycles. The Morgan fingerprint density at radius 1 is 0.921 bits per heavy atom. The van der Waals surface area contributed by atoms with Crippen LogP contribution in [-0.2, 0) is 28.5 Å². The van der Waals surface area contributed by atoms with E-state index in [0.717, 1.165) is 51.4 Å². The van der Waals surface area contributed by atoms with E-state index in [0.29, 0.717) is 36.2 Å². The van der Waals surface area contributed by atoms with Gasteiger partial charge >= 0.3 is 11.9 Å². The van der Waals surface area contributed by atoms with Crippen molar-refractivity contribution in [1.82, 2.24) is 0 Å². The molecule has 0 bridgehead atoms. The van der Waals surface area contributed by atoms with Gasteiger partial charge in [0.2, 0.25) is 0 Å². The summed E-state index contributed by atoms with van der Waals surface area (Å²) < 4.78 is 24.6. The molecule has 0 aromatic heterocycles. The fourth-order valence-corrected chi connectivity index (χ4v) is 10.9. The van der Waals surface area contributed by atoms with Gasteiger partial charge in [0.05, 0.1) is 6.10 Å². The molecule has 2 saturated heterocycles. The Labute approximate surface area is 227 Å². The van der Waals surface area contributed by atoms with Crippen molar-refractivity contribution in [2.45, 2.75) is 123 Å². The molecule has 1 N–H and O–H groups in total. The second-order valence-electron chi connectivity index (χ2n) is 14.5. The molecule has 2 heterocycles. The quantitative estimate of drug-likeness (QED) is 0.518. The zero-order valence-electron chi connectivity index (χ0n) is 24.1. The van der Waals surface area contributed by atoms with E-state index in [1.165, 1.54) is 13.8 Å². The highest BCUT2D eigenvalue weighted by atomic mass is 16.7. The Hall–Kier alpha value is -1.18. The van der Waals surface area contributed by atoms with Crippen molar-refractivity contribution >= 4 is 11.9 Å². The third kappa shape index (κ3) is 3.84.